The number of hydrogen-bond acceptors (Lipinski definition) is 7. The Morgan fingerprint density at radius 1 is 1.07 bits per heavy atom. The molecule has 0 aliphatic heterocycles. The van der Waals surface area contributed by atoms with Crippen molar-refractivity contribution in [2.45, 2.75) is 84.9 Å². The molecule has 0 bridgehead atoms. The zero-order valence-corrected chi connectivity index (χ0v) is 26.5. The molecule has 0 radical (unpaired) electrons. The summed E-state index contributed by atoms with van der Waals surface area (Å²) in [4.78, 5) is 23.8. The molecule has 40 heavy (non-hydrogen) atoms. The van der Waals surface area contributed by atoms with Crippen LogP contribution in [0, 0.1) is 23.7 Å². The molecule has 1 rings (SSSR count). The van der Waals surface area contributed by atoms with Crippen molar-refractivity contribution in [1.29, 1.82) is 0 Å². The Bertz CT molecular complexity index is 868. The van der Waals surface area contributed by atoms with Gasteiger partial charge < -0.3 is 35.7 Å². The predicted molar refractivity (Wildman–Crippen MR) is 162 cm³/mol. The van der Waals surface area contributed by atoms with E-state index >= 15 is 0 Å². The number of benzene rings is 1. The van der Waals surface area contributed by atoms with Crippen LogP contribution in [0.2, 0.25) is 0 Å². The average molecular weight is 588 g/mol. The highest BCUT2D eigenvalue weighted by Crippen LogP contribution is 2.31. The molecule has 0 saturated carbocycles. The van der Waals surface area contributed by atoms with E-state index < -0.39 is 23.6 Å². The highest BCUT2D eigenvalue weighted by atomic mass is 35.5. The SMILES string of the molecule is COCCCOc1cc(C[C@@H](C[C@H](N)[C@@H](O)C[C@H](C(=O)NCC(C)(C)NC=O)C(C)C)C(C)C)ccc1OC.Cl. The van der Waals surface area contributed by atoms with Crippen LogP contribution >= 0.6 is 12.4 Å². The van der Waals surface area contributed by atoms with Crippen LogP contribution < -0.4 is 25.8 Å². The van der Waals surface area contributed by atoms with Gasteiger partial charge in [-0.1, -0.05) is 33.8 Å². The first-order chi connectivity index (χ1) is 18.3. The molecule has 0 saturated heterocycles. The summed E-state index contributed by atoms with van der Waals surface area (Å²) in [5.74, 6) is 1.45. The summed E-state index contributed by atoms with van der Waals surface area (Å²) in [6, 6.07) is 5.51. The third-order valence-electron chi connectivity index (χ3n) is 7.28. The Morgan fingerprint density at radius 2 is 1.75 bits per heavy atom. The Kier molecular flexibility index (Phi) is 18.1. The van der Waals surface area contributed by atoms with E-state index in [0.29, 0.717) is 50.0 Å². The predicted octanol–water partition coefficient (Wildman–Crippen LogP) is 3.73. The van der Waals surface area contributed by atoms with E-state index in [-0.39, 0.29) is 36.6 Å². The molecule has 1 aromatic rings. The van der Waals surface area contributed by atoms with Crippen molar-refractivity contribution in [3.63, 3.8) is 0 Å². The smallest absolute Gasteiger partial charge is 0.223 e. The first-order valence-corrected chi connectivity index (χ1v) is 14.1. The first kappa shape index (κ1) is 37.9. The summed E-state index contributed by atoms with van der Waals surface area (Å²) in [7, 11) is 3.30. The number of ether oxygens (including phenoxy) is 3. The molecule has 0 unspecified atom stereocenters. The maximum atomic E-state index is 13.0. The normalized spacial score (nSPS) is 14.6. The van der Waals surface area contributed by atoms with Gasteiger partial charge in [-0.2, -0.15) is 0 Å². The Hall–Kier alpha value is -2.07. The van der Waals surface area contributed by atoms with E-state index in [4.69, 9.17) is 19.9 Å². The van der Waals surface area contributed by atoms with Crippen molar-refractivity contribution in [3.8, 4) is 11.5 Å². The lowest BCUT2D eigenvalue weighted by Crippen LogP contribution is -2.50. The summed E-state index contributed by atoms with van der Waals surface area (Å²) < 4.78 is 16.5. The van der Waals surface area contributed by atoms with Crippen LogP contribution in [0.3, 0.4) is 0 Å². The van der Waals surface area contributed by atoms with Crippen LogP contribution in [0.1, 0.15) is 66.4 Å². The van der Waals surface area contributed by atoms with Gasteiger partial charge >= 0.3 is 0 Å². The third kappa shape index (κ3) is 13.5. The van der Waals surface area contributed by atoms with Crippen molar-refractivity contribution < 1.29 is 28.9 Å². The number of carbonyl (C=O) groups excluding carboxylic acids is 2. The minimum absolute atomic E-state index is 0. The standard InChI is InChI=1S/C30H53N3O6.ClH/c1-20(2)23(14-22-10-11-27(38-8)28(15-22)39-13-9-12-37-7)16-25(31)26(35)17-24(21(3)4)29(36)32-18-30(5,6)33-19-34;/h10-11,15,19-21,23-26,35H,9,12-14,16-18,31H2,1-8H3,(H,32,36)(H,33,34);1H/t23-,24-,25-,26-;/m0./s1. The molecule has 10 heteroatoms. The maximum Gasteiger partial charge on any atom is 0.223 e. The summed E-state index contributed by atoms with van der Waals surface area (Å²) >= 11 is 0. The molecule has 0 spiro atoms. The third-order valence-corrected chi connectivity index (χ3v) is 7.28. The lowest BCUT2D eigenvalue weighted by Gasteiger charge is -2.31. The minimum Gasteiger partial charge on any atom is -0.493 e. The van der Waals surface area contributed by atoms with Gasteiger partial charge in [0.1, 0.15) is 0 Å². The van der Waals surface area contributed by atoms with Gasteiger partial charge in [0.15, 0.2) is 11.5 Å². The maximum absolute atomic E-state index is 13.0. The molecule has 232 valence electrons. The van der Waals surface area contributed by atoms with Crippen molar-refractivity contribution in [2.75, 3.05) is 34.0 Å². The summed E-state index contributed by atoms with van der Waals surface area (Å²) in [5, 5.41) is 16.7. The Morgan fingerprint density at radius 3 is 2.30 bits per heavy atom. The topological polar surface area (TPSA) is 132 Å². The van der Waals surface area contributed by atoms with Crippen LogP contribution in [0.25, 0.3) is 0 Å². The van der Waals surface area contributed by atoms with E-state index in [9.17, 15) is 14.7 Å². The first-order valence-electron chi connectivity index (χ1n) is 14.1. The van der Waals surface area contributed by atoms with Crippen LogP contribution in [0.4, 0.5) is 0 Å². The molecule has 1 aromatic carbocycles. The molecular weight excluding hydrogens is 534 g/mol. The highest BCUT2D eigenvalue weighted by Gasteiger charge is 2.30. The fraction of sp³-hybridized carbons (Fsp3) is 0.733. The number of aliphatic hydroxyl groups is 1. The van der Waals surface area contributed by atoms with Gasteiger partial charge in [-0.15, -0.1) is 12.4 Å². The molecule has 0 aliphatic rings. The highest BCUT2D eigenvalue weighted by molar-refractivity contribution is 5.85. The second-order valence-corrected chi connectivity index (χ2v) is 11.8. The second kappa shape index (κ2) is 19.1. The molecule has 0 aliphatic carbocycles. The van der Waals surface area contributed by atoms with Crippen LogP contribution in [-0.4, -0.2) is 69.1 Å². The van der Waals surface area contributed by atoms with Gasteiger partial charge in [-0.05, 0) is 68.6 Å². The second-order valence-electron chi connectivity index (χ2n) is 11.8. The zero-order valence-electron chi connectivity index (χ0n) is 25.7. The molecule has 5 N–H and O–H groups in total. The van der Waals surface area contributed by atoms with Crippen LogP contribution in [0.5, 0.6) is 11.5 Å². The minimum atomic E-state index is -0.818. The van der Waals surface area contributed by atoms with Gasteiger partial charge in [0, 0.05) is 38.6 Å². The number of rotatable bonds is 20. The van der Waals surface area contributed by atoms with Crippen molar-refractivity contribution in [1.82, 2.24) is 10.6 Å². The van der Waals surface area contributed by atoms with Crippen molar-refractivity contribution >= 4 is 24.7 Å². The zero-order chi connectivity index (χ0) is 29.6. The van der Waals surface area contributed by atoms with Gasteiger partial charge in [0.2, 0.25) is 12.3 Å². The van der Waals surface area contributed by atoms with Crippen LogP contribution in [-0.2, 0) is 20.7 Å². The van der Waals surface area contributed by atoms with Gasteiger partial charge in [0.05, 0.1) is 25.4 Å². The fourth-order valence-corrected chi connectivity index (χ4v) is 4.51. The summed E-state index contributed by atoms with van der Waals surface area (Å²) in [6.45, 7) is 13.4. The van der Waals surface area contributed by atoms with E-state index in [1.54, 1.807) is 14.2 Å². The summed E-state index contributed by atoms with van der Waals surface area (Å²) in [5.41, 5.74) is 7.08. The number of hydrogen-bond donors (Lipinski definition) is 4. The van der Waals surface area contributed by atoms with E-state index in [1.165, 1.54) is 0 Å². The van der Waals surface area contributed by atoms with Crippen molar-refractivity contribution in [3.05, 3.63) is 23.8 Å². The molecule has 0 aromatic heterocycles. The average Bonchev–Trinajstić information content (AvgIpc) is 2.87. The number of halogens is 1. The molecule has 0 fully saturated rings. The number of carbonyl (C=O) groups is 2. The number of nitrogens with two attached hydrogens (primary N) is 1. The fourth-order valence-electron chi connectivity index (χ4n) is 4.51. The molecule has 0 heterocycles. The van der Waals surface area contributed by atoms with E-state index in [0.717, 1.165) is 18.4 Å². The number of methoxy groups -OCH3 is 2. The van der Waals surface area contributed by atoms with Crippen LogP contribution in [0.15, 0.2) is 18.2 Å². The van der Waals surface area contributed by atoms with E-state index in [2.05, 4.69) is 24.5 Å². The number of aliphatic hydroxyl groups excluding tert-OH is 1. The lowest BCUT2D eigenvalue weighted by atomic mass is 9.80. The molecule has 9 nitrogen and oxygen atoms in total. The molecule has 4 atom stereocenters. The Balaban J connectivity index is 0.0000152. The summed E-state index contributed by atoms with van der Waals surface area (Å²) in [6.07, 6.45) is 2.28. The molecular formula is C30H54ClN3O6. The van der Waals surface area contributed by atoms with Gasteiger partial charge in [-0.25, -0.2) is 0 Å². The monoisotopic (exact) mass is 587 g/mol. The number of nitrogens with one attached hydrogen (secondary N) is 2. The van der Waals surface area contributed by atoms with Crippen molar-refractivity contribution in [2.24, 2.45) is 29.4 Å². The van der Waals surface area contributed by atoms with Gasteiger partial charge in [-0.3, -0.25) is 9.59 Å². The Labute approximate surface area is 247 Å². The number of amides is 2. The lowest BCUT2D eigenvalue weighted by molar-refractivity contribution is -0.128. The van der Waals surface area contributed by atoms with E-state index in [1.807, 2.05) is 45.9 Å². The largest absolute Gasteiger partial charge is 0.493 e. The quantitative estimate of drug-likeness (QED) is 0.135. The van der Waals surface area contributed by atoms with Gasteiger partial charge in [0.25, 0.3) is 0 Å². The molecule has 2 amide bonds.